The third-order valence-corrected chi connectivity index (χ3v) is 5.37. The van der Waals surface area contributed by atoms with Crippen LogP contribution in [0.4, 0.5) is 17.1 Å². The summed E-state index contributed by atoms with van der Waals surface area (Å²) in [5.74, 6) is 0.452. The summed E-state index contributed by atoms with van der Waals surface area (Å²) in [6, 6.07) is 17.1. The molecule has 0 bridgehead atoms. The maximum Gasteiger partial charge on any atom is 0.348 e. The number of aromatic carboxylic acids is 1. The van der Waals surface area contributed by atoms with Gasteiger partial charge in [0.1, 0.15) is 21.2 Å². The highest BCUT2D eigenvalue weighted by Crippen LogP contribution is 2.38. The van der Waals surface area contributed by atoms with Crippen LogP contribution in [0.15, 0.2) is 60.8 Å². The van der Waals surface area contributed by atoms with Gasteiger partial charge in [0.2, 0.25) is 0 Å². The second-order valence-electron chi connectivity index (χ2n) is 6.21. The number of aromatic nitrogens is 1. The molecule has 4 rings (SSSR count). The van der Waals surface area contributed by atoms with E-state index >= 15 is 0 Å². The number of rotatable bonds is 5. The van der Waals surface area contributed by atoms with E-state index in [1.807, 2.05) is 55.5 Å². The summed E-state index contributed by atoms with van der Waals surface area (Å²) in [6.07, 6.45) is 1.63. The van der Waals surface area contributed by atoms with Crippen molar-refractivity contribution in [3.63, 3.8) is 0 Å². The number of ether oxygens (including phenoxy) is 1. The SMILES string of the molecule is Cc1cc(Oc2ccccc2)ccc1Nc1ccnc2sc(C(=O)O)c(N)c12. The minimum Gasteiger partial charge on any atom is -0.477 e. The Balaban J connectivity index is 1.65. The molecule has 0 saturated carbocycles. The van der Waals surface area contributed by atoms with Gasteiger partial charge in [-0.05, 0) is 48.9 Å². The second kappa shape index (κ2) is 7.21. The van der Waals surface area contributed by atoms with Crippen molar-refractivity contribution in [2.24, 2.45) is 0 Å². The Morgan fingerprint density at radius 1 is 1.11 bits per heavy atom. The molecule has 0 aliphatic carbocycles. The average molecular weight is 391 g/mol. The van der Waals surface area contributed by atoms with Gasteiger partial charge in [-0.3, -0.25) is 0 Å². The number of para-hydroxylation sites is 1. The van der Waals surface area contributed by atoms with Crippen molar-refractivity contribution in [3.05, 3.63) is 71.2 Å². The van der Waals surface area contributed by atoms with Crippen molar-refractivity contribution in [1.82, 2.24) is 4.98 Å². The standard InChI is InChI=1S/C21H17N3O3S/c1-12-11-14(27-13-5-3-2-4-6-13)7-8-15(12)24-16-9-10-23-20-17(16)18(22)19(28-20)21(25)26/h2-11H,22H2,1H3,(H,23,24)(H,25,26). The lowest BCUT2D eigenvalue weighted by atomic mass is 10.1. The number of carboxylic acids is 1. The van der Waals surface area contributed by atoms with E-state index in [2.05, 4.69) is 10.3 Å². The minimum atomic E-state index is -1.05. The average Bonchev–Trinajstić information content (AvgIpc) is 3.03. The molecule has 4 N–H and O–H groups in total. The van der Waals surface area contributed by atoms with Crippen molar-refractivity contribution in [2.45, 2.75) is 6.92 Å². The van der Waals surface area contributed by atoms with Crippen LogP contribution in [0.25, 0.3) is 10.2 Å². The Morgan fingerprint density at radius 3 is 2.61 bits per heavy atom. The first kappa shape index (κ1) is 17.8. The van der Waals surface area contributed by atoms with Gasteiger partial charge >= 0.3 is 5.97 Å². The van der Waals surface area contributed by atoms with Gasteiger partial charge < -0.3 is 20.9 Å². The highest BCUT2D eigenvalue weighted by atomic mass is 32.1. The summed E-state index contributed by atoms with van der Waals surface area (Å²) in [5.41, 5.74) is 8.86. The van der Waals surface area contributed by atoms with Gasteiger partial charge in [-0.15, -0.1) is 11.3 Å². The Morgan fingerprint density at radius 2 is 1.89 bits per heavy atom. The van der Waals surface area contributed by atoms with Crippen LogP contribution in [0.1, 0.15) is 15.2 Å². The van der Waals surface area contributed by atoms with Gasteiger partial charge in [0.05, 0.1) is 16.8 Å². The fourth-order valence-corrected chi connectivity index (χ4v) is 3.85. The van der Waals surface area contributed by atoms with E-state index in [4.69, 9.17) is 10.5 Å². The van der Waals surface area contributed by atoms with Crippen molar-refractivity contribution in [2.75, 3.05) is 11.1 Å². The van der Waals surface area contributed by atoms with Crippen LogP contribution >= 0.6 is 11.3 Å². The van der Waals surface area contributed by atoms with E-state index in [0.29, 0.717) is 15.9 Å². The molecule has 2 aromatic heterocycles. The molecule has 140 valence electrons. The number of nitrogens with one attached hydrogen (secondary N) is 1. The number of nitrogen functional groups attached to an aromatic ring is 1. The molecule has 0 radical (unpaired) electrons. The largest absolute Gasteiger partial charge is 0.477 e. The Hall–Kier alpha value is -3.58. The summed E-state index contributed by atoms with van der Waals surface area (Å²) >= 11 is 1.07. The molecule has 0 fully saturated rings. The van der Waals surface area contributed by atoms with E-state index in [1.54, 1.807) is 12.3 Å². The van der Waals surface area contributed by atoms with Gasteiger partial charge in [0.25, 0.3) is 0 Å². The van der Waals surface area contributed by atoms with Crippen LogP contribution in [0.2, 0.25) is 0 Å². The highest BCUT2D eigenvalue weighted by molar-refractivity contribution is 7.21. The van der Waals surface area contributed by atoms with Crippen LogP contribution in [0, 0.1) is 6.92 Å². The van der Waals surface area contributed by atoms with E-state index in [1.165, 1.54) is 0 Å². The van der Waals surface area contributed by atoms with Gasteiger partial charge in [-0.25, -0.2) is 9.78 Å². The van der Waals surface area contributed by atoms with Crippen LogP contribution < -0.4 is 15.8 Å². The van der Waals surface area contributed by atoms with E-state index in [-0.39, 0.29) is 10.6 Å². The molecular formula is C21H17N3O3S. The third-order valence-electron chi connectivity index (χ3n) is 4.27. The fraction of sp³-hybridized carbons (Fsp3) is 0.0476. The first-order chi connectivity index (χ1) is 13.5. The van der Waals surface area contributed by atoms with Gasteiger partial charge in [0.15, 0.2) is 0 Å². The minimum absolute atomic E-state index is 0.0973. The number of carbonyl (C=O) groups is 1. The third kappa shape index (κ3) is 3.35. The quantitative estimate of drug-likeness (QED) is 0.420. The van der Waals surface area contributed by atoms with Gasteiger partial charge in [-0.2, -0.15) is 0 Å². The molecule has 0 aliphatic rings. The molecule has 0 atom stereocenters. The molecule has 0 unspecified atom stereocenters. The van der Waals surface area contributed by atoms with E-state index in [0.717, 1.165) is 34.1 Å². The smallest absolute Gasteiger partial charge is 0.348 e. The molecule has 2 aromatic carbocycles. The Labute approximate surface area is 165 Å². The number of nitrogens with zero attached hydrogens (tertiary/aromatic N) is 1. The number of benzene rings is 2. The Bertz CT molecular complexity index is 1170. The van der Waals surface area contributed by atoms with Crippen molar-refractivity contribution in [3.8, 4) is 11.5 Å². The molecule has 0 spiro atoms. The van der Waals surface area contributed by atoms with Crippen molar-refractivity contribution in [1.29, 1.82) is 0 Å². The number of fused-ring (bicyclic) bond motifs is 1. The summed E-state index contributed by atoms with van der Waals surface area (Å²) in [4.78, 5) is 16.3. The normalized spacial score (nSPS) is 10.8. The Kier molecular flexibility index (Phi) is 4.58. The zero-order chi connectivity index (χ0) is 19.7. The maximum atomic E-state index is 11.4. The van der Waals surface area contributed by atoms with Gasteiger partial charge in [0, 0.05) is 11.9 Å². The summed E-state index contributed by atoms with van der Waals surface area (Å²) in [7, 11) is 0. The number of hydrogen-bond acceptors (Lipinski definition) is 6. The zero-order valence-electron chi connectivity index (χ0n) is 15.0. The molecular weight excluding hydrogens is 374 g/mol. The lowest BCUT2D eigenvalue weighted by molar-refractivity contribution is 0.0703. The number of thiophene rings is 1. The first-order valence-corrected chi connectivity index (χ1v) is 9.35. The van der Waals surface area contributed by atoms with Crippen molar-refractivity contribution >= 4 is 44.6 Å². The van der Waals surface area contributed by atoms with Crippen molar-refractivity contribution < 1.29 is 14.6 Å². The van der Waals surface area contributed by atoms with E-state index < -0.39 is 5.97 Å². The number of aryl methyl sites for hydroxylation is 1. The topological polar surface area (TPSA) is 97.5 Å². The summed E-state index contributed by atoms with van der Waals surface area (Å²) in [5, 5.41) is 13.3. The maximum absolute atomic E-state index is 11.4. The number of pyridine rings is 1. The molecule has 2 heterocycles. The van der Waals surface area contributed by atoms with Crippen LogP contribution in [0.3, 0.4) is 0 Å². The first-order valence-electron chi connectivity index (χ1n) is 8.54. The second-order valence-corrected chi connectivity index (χ2v) is 7.20. The van der Waals surface area contributed by atoms with E-state index in [9.17, 15) is 9.90 Å². The van der Waals surface area contributed by atoms with Crippen LogP contribution in [0.5, 0.6) is 11.5 Å². The number of carboxylic acid groups (broad SMARTS) is 1. The molecule has 4 aromatic rings. The highest BCUT2D eigenvalue weighted by Gasteiger charge is 2.19. The predicted octanol–water partition coefficient (Wildman–Crippen LogP) is 5.42. The monoisotopic (exact) mass is 391 g/mol. The molecule has 7 heteroatoms. The lowest BCUT2D eigenvalue weighted by Gasteiger charge is -2.13. The lowest BCUT2D eigenvalue weighted by Crippen LogP contribution is -1.99. The number of nitrogens with two attached hydrogens (primary N) is 1. The van der Waals surface area contributed by atoms with Crippen LogP contribution in [-0.2, 0) is 0 Å². The molecule has 6 nitrogen and oxygen atoms in total. The zero-order valence-corrected chi connectivity index (χ0v) is 15.8. The predicted molar refractivity (Wildman–Crippen MR) is 112 cm³/mol. The number of anilines is 3. The number of hydrogen-bond donors (Lipinski definition) is 3. The summed E-state index contributed by atoms with van der Waals surface area (Å²) in [6.45, 7) is 1.97. The summed E-state index contributed by atoms with van der Waals surface area (Å²) < 4.78 is 5.86. The molecule has 28 heavy (non-hydrogen) atoms. The molecule has 0 saturated heterocycles. The fourth-order valence-electron chi connectivity index (χ4n) is 2.92. The molecule has 0 aliphatic heterocycles. The molecule has 0 amide bonds. The van der Waals surface area contributed by atoms with Gasteiger partial charge in [-0.1, -0.05) is 18.2 Å². The van der Waals surface area contributed by atoms with Crippen LogP contribution in [-0.4, -0.2) is 16.1 Å².